The molecule has 2 heterocycles. The van der Waals surface area contributed by atoms with Gasteiger partial charge in [-0.05, 0) is 34.4 Å². The summed E-state index contributed by atoms with van der Waals surface area (Å²) in [6.07, 6.45) is 0. The number of carboxylic acid groups (broad SMARTS) is 1. The van der Waals surface area contributed by atoms with E-state index in [1.165, 1.54) is 21.5 Å². The molecule has 1 N–H and O–H groups in total. The first-order valence-electron chi connectivity index (χ1n) is 8.37. The maximum Gasteiger partial charge on any atom is 0.335 e. The molecule has 25 heavy (non-hydrogen) atoms. The SMILES string of the molecule is O=C(O)c1ccc2c(c1)C1(OC2)c2ccccc2[SiH2]c2ccccc21. The van der Waals surface area contributed by atoms with Crippen molar-refractivity contribution in [2.24, 2.45) is 0 Å². The summed E-state index contributed by atoms with van der Waals surface area (Å²) in [6, 6.07) is 22.3. The van der Waals surface area contributed by atoms with E-state index in [9.17, 15) is 9.90 Å². The van der Waals surface area contributed by atoms with Crippen LogP contribution in [0.15, 0.2) is 66.7 Å². The van der Waals surface area contributed by atoms with Gasteiger partial charge in [0.15, 0.2) is 0 Å². The van der Waals surface area contributed by atoms with Gasteiger partial charge in [-0.25, -0.2) is 4.79 Å². The van der Waals surface area contributed by atoms with Crippen LogP contribution in [0.4, 0.5) is 0 Å². The molecule has 0 saturated carbocycles. The first-order chi connectivity index (χ1) is 12.2. The highest BCUT2D eigenvalue weighted by atomic mass is 28.2. The van der Waals surface area contributed by atoms with Gasteiger partial charge in [0.25, 0.3) is 0 Å². The summed E-state index contributed by atoms with van der Waals surface area (Å²) < 4.78 is 6.47. The van der Waals surface area contributed by atoms with E-state index in [-0.39, 0.29) is 0 Å². The second kappa shape index (κ2) is 5.15. The van der Waals surface area contributed by atoms with Crippen LogP contribution < -0.4 is 10.4 Å². The molecule has 0 aromatic heterocycles. The summed E-state index contributed by atoms with van der Waals surface area (Å²) in [4.78, 5) is 11.5. The lowest BCUT2D eigenvalue weighted by molar-refractivity contribution is 0.0277. The standard InChI is InChI=1S/C21H16O3Si/c22-20(23)13-9-10-14-12-24-21(17(14)11-13)15-5-1-3-7-18(15)25-19-8-4-2-6-16(19)21/h1-11H,12,25H2,(H,22,23). The smallest absolute Gasteiger partial charge is 0.335 e. The van der Waals surface area contributed by atoms with Crippen LogP contribution in [-0.2, 0) is 16.9 Å². The molecule has 0 aliphatic carbocycles. The highest BCUT2D eigenvalue weighted by Crippen LogP contribution is 2.47. The molecule has 0 radical (unpaired) electrons. The highest BCUT2D eigenvalue weighted by molar-refractivity contribution is 6.69. The topological polar surface area (TPSA) is 46.5 Å². The molecule has 1 spiro atoms. The Balaban J connectivity index is 1.87. The molecule has 0 unspecified atom stereocenters. The maximum atomic E-state index is 11.5. The number of fused-ring (bicyclic) bond motifs is 6. The van der Waals surface area contributed by atoms with Crippen molar-refractivity contribution in [1.29, 1.82) is 0 Å². The third-order valence-electron chi connectivity index (χ3n) is 5.35. The summed E-state index contributed by atoms with van der Waals surface area (Å²) in [7, 11) is -0.576. The zero-order chi connectivity index (χ0) is 17.0. The molecule has 3 aromatic carbocycles. The van der Waals surface area contributed by atoms with Gasteiger partial charge in [0.1, 0.15) is 5.60 Å². The van der Waals surface area contributed by atoms with E-state index >= 15 is 0 Å². The van der Waals surface area contributed by atoms with Crippen molar-refractivity contribution in [3.63, 3.8) is 0 Å². The van der Waals surface area contributed by atoms with E-state index in [2.05, 4.69) is 36.4 Å². The Kier molecular flexibility index (Phi) is 3.01. The quantitative estimate of drug-likeness (QED) is 0.683. The van der Waals surface area contributed by atoms with E-state index < -0.39 is 21.1 Å². The van der Waals surface area contributed by atoms with E-state index in [1.807, 2.05) is 18.2 Å². The van der Waals surface area contributed by atoms with Crippen LogP contribution in [0.2, 0.25) is 0 Å². The molecule has 0 amide bonds. The molecule has 3 aromatic rings. The Labute approximate surface area is 147 Å². The minimum Gasteiger partial charge on any atom is -0.478 e. The molecule has 0 bridgehead atoms. The average Bonchev–Trinajstić information content (AvgIpc) is 3.02. The van der Waals surface area contributed by atoms with Gasteiger partial charge in [-0.2, -0.15) is 0 Å². The number of carbonyl (C=O) groups is 1. The highest BCUT2D eigenvalue weighted by Gasteiger charge is 2.47. The molecule has 5 rings (SSSR count). The number of aromatic carboxylic acids is 1. The van der Waals surface area contributed by atoms with Gasteiger partial charge in [-0.15, -0.1) is 0 Å². The van der Waals surface area contributed by atoms with Crippen molar-refractivity contribution in [2.75, 3.05) is 0 Å². The van der Waals surface area contributed by atoms with E-state index in [0.717, 1.165) is 11.1 Å². The number of hydrogen-bond acceptors (Lipinski definition) is 2. The molecule has 3 nitrogen and oxygen atoms in total. The van der Waals surface area contributed by atoms with Gasteiger partial charge in [-0.1, -0.05) is 65.0 Å². The van der Waals surface area contributed by atoms with Crippen molar-refractivity contribution < 1.29 is 14.6 Å². The summed E-state index contributed by atoms with van der Waals surface area (Å²) >= 11 is 0. The molecular formula is C21H16O3Si. The number of benzene rings is 3. The van der Waals surface area contributed by atoms with Crippen LogP contribution in [0.25, 0.3) is 0 Å². The van der Waals surface area contributed by atoms with E-state index in [0.29, 0.717) is 12.2 Å². The first-order valence-corrected chi connectivity index (χ1v) is 9.79. The number of rotatable bonds is 1. The predicted molar refractivity (Wildman–Crippen MR) is 98.8 cm³/mol. The van der Waals surface area contributed by atoms with Gasteiger partial charge in [0, 0.05) is 0 Å². The van der Waals surface area contributed by atoms with Gasteiger partial charge in [0.2, 0.25) is 0 Å². The maximum absolute atomic E-state index is 11.5. The molecule has 2 aliphatic heterocycles. The van der Waals surface area contributed by atoms with Gasteiger partial charge in [-0.3, -0.25) is 0 Å². The van der Waals surface area contributed by atoms with E-state index in [1.54, 1.807) is 12.1 Å². The lowest BCUT2D eigenvalue weighted by atomic mass is 9.79. The fraction of sp³-hybridized carbons (Fsp3) is 0.0952. The Morgan fingerprint density at radius 1 is 0.920 bits per heavy atom. The summed E-state index contributed by atoms with van der Waals surface area (Å²) in [5.41, 5.74) is 4.03. The number of carboxylic acids is 1. The first kappa shape index (κ1) is 14.6. The summed E-state index contributed by atoms with van der Waals surface area (Å²) in [5, 5.41) is 12.2. The fourth-order valence-electron chi connectivity index (χ4n) is 4.26. The molecule has 122 valence electrons. The normalized spacial score (nSPS) is 21.0. The molecule has 0 saturated heterocycles. The second-order valence-electron chi connectivity index (χ2n) is 6.64. The van der Waals surface area contributed by atoms with Crippen LogP contribution in [0.5, 0.6) is 0 Å². The van der Waals surface area contributed by atoms with Crippen molar-refractivity contribution in [3.8, 4) is 0 Å². The number of ether oxygens (including phenoxy) is 1. The minimum absolute atomic E-state index is 0.307. The zero-order valence-electron chi connectivity index (χ0n) is 13.5. The third kappa shape index (κ3) is 1.92. The van der Waals surface area contributed by atoms with Crippen LogP contribution in [-0.4, -0.2) is 20.6 Å². The van der Waals surface area contributed by atoms with E-state index in [4.69, 9.17) is 4.74 Å². The Morgan fingerprint density at radius 2 is 1.56 bits per heavy atom. The summed E-state index contributed by atoms with van der Waals surface area (Å²) in [5.74, 6) is -0.906. The van der Waals surface area contributed by atoms with Gasteiger partial charge in [0.05, 0.1) is 21.7 Å². The monoisotopic (exact) mass is 344 g/mol. The predicted octanol–water partition coefficient (Wildman–Crippen LogP) is 1.64. The van der Waals surface area contributed by atoms with Crippen molar-refractivity contribution in [3.05, 3.63) is 94.5 Å². The van der Waals surface area contributed by atoms with Gasteiger partial charge >= 0.3 is 5.97 Å². The van der Waals surface area contributed by atoms with Crippen molar-refractivity contribution in [1.82, 2.24) is 0 Å². The lowest BCUT2D eigenvalue weighted by Gasteiger charge is -2.38. The lowest BCUT2D eigenvalue weighted by Crippen LogP contribution is -2.49. The fourth-order valence-corrected chi connectivity index (χ4v) is 6.29. The molecule has 2 aliphatic rings. The molecular weight excluding hydrogens is 328 g/mol. The molecule has 4 heteroatoms. The molecule has 0 fully saturated rings. The van der Waals surface area contributed by atoms with Crippen molar-refractivity contribution >= 4 is 25.9 Å². The Bertz CT molecular complexity index is 980. The Morgan fingerprint density at radius 3 is 2.20 bits per heavy atom. The number of hydrogen-bond donors (Lipinski definition) is 1. The van der Waals surface area contributed by atoms with Crippen LogP contribution >= 0.6 is 0 Å². The van der Waals surface area contributed by atoms with Crippen LogP contribution in [0.3, 0.4) is 0 Å². The molecule has 0 atom stereocenters. The van der Waals surface area contributed by atoms with Crippen LogP contribution in [0, 0.1) is 0 Å². The van der Waals surface area contributed by atoms with Crippen LogP contribution in [0.1, 0.15) is 32.6 Å². The zero-order valence-corrected chi connectivity index (χ0v) is 14.9. The minimum atomic E-state index is -0.906. The average molecular weight is 344 g/mol. The second-order valence-corrected chi connectivity index (χ2v) is 8.52. The largest absolute Gasteiger partial charge is 0.478 e. The van der Waals surface area contributed by atoms with Crippen molar-refractivity contribution in [2.45, 2.75) is 12.2 Å². The Hall–Kier alpha value is -2.69. The summed E-state index contributed by atoms with van der Waals surface area (Å²) in [6.45, 7) is 0.499. The third-order valence-corrected chi connectivity index (χ3v) is 7.35. The van der Waals surface area contributed by atoms with Gasteiger partial charge < -0.3 is 9.84 Å².